The molecule has 0 heterocycles. The van der Waals surface area contributed by atoms with E-state index in [1.165, 1.54) is 44.9 Å². The number of hydroxylamine groups is 1. The molecule has 4 aliphatic carbocycles. The van der Waals surface area contributed by atoms with Gasteiger partial charge >= 0.3 is 0 Å². The molecule has 0 aliphatic heterocycles. The summed E-state index contributed by atoms with van der Waals surface area (Å²) in [7, 11) is 0. The third kappa shape index (κ3) is 1.85. The molecule has 0 bridgehead atoms. The van der Waals surface area contributed by atoms with Crippen molar-refractivity contribution in [3.63, 3.8) is 0 Å². The first kappa shape index (κ1) is 15.4. The average Bonchev–Trinajstić information content (AvgIpc) is 2.84. The Hall–Kier alpha value is -0.120. The van der Waals surface area contributed by atoms with Crippen LogP contribution in [0, 0.1) is 28.6 Å². The first-order chi connectivity index (χ1) is 10.6. The van der Waals surface area contributed by atoms with Crippen molar-refractivity contribution in [3.05, 3.63) is 0 Å². The van der Waals surface area contributed by atoms with Crippen LogP contribution in [0.5, 0.6) is 0 Å². The predicted molar refractivity (Wildman–Crippen MR) is 86.5 cm³/mol. The molecule has 1 unspecified atom stereocenters. The van der Waals surface area contributed by atoms with Crippen molar-refractivity contribution in [1.82, 2.24) is 5.48 Å². The van der Waals surface area contributed by atoms with E-state index in [0.29, 0.717) is 23.8 Å². The molecular weight excluding hydrogens is 274 g/mol. The number of hydrogen-bond donors (Lipinski definition) is 3. The van der Waals surface area contributed by atoms with Gasteiger partial charge in [-0.1, -0.05) is 19.8 Å². The molecule has 4 aliphatic rings. The molecular formula is C19H33NO2. The first-order valence-corrected chi connectivity index (χ1v) is 9.65. The molecule has 3 nitrogen and oxygen atoms in total. The van der Waals surface area contributed by atoms with Gasteiger partial charge in [0.05, 0.1) is 5.60 Å². The van der Waals surface area contributed by atoms with E-state index in [1.54, 1.807) is 0 Å². The average molecular weight is 307 g/mol. The number of hydrogen-bond acceptors (Lipinski definition) is 3. The summed E-state index contributed by atoms with van der Waals surface area (Å²) in [6, 6.07) is 0. The minimum absolute atomic E-state index is 0.0687. The van der Waals surface area contributed by atoms with Crippen molar-refractivity contribution in [2.24, 2.45) is 28.6 Å². The SMILES string of the molecule is C[C@]12CCCCC1CC[C@@H]1[C@@H]2CC[C@]2(CNO)CCC[C@]12O. The van der Waals surface area contributed by atoms with Crippen molar-refractivity contribution in [1.29, 1.82) is 0 Å². The third-order valence-electron chi connectivity index (χ3n) is 8.71. The van der Waals surface area contributed by atoms with Gasteiger partial charge in [-0.25, -0.2) is 5.48 Å². The highest BCUT2D eigenvalue weighted by Gasteiger charge is 2.65. The van der Waals surface area contributed by atoms with Gasteiger partial charge < -0.3 is 10.3 Å². The first-order valence-electron chi connectivity index (χ1n) is 9.65. The summed E-state index contributed by atoms with van der Waals surface area (Å²) in [5.41, 5.74) is 2.30. The number of rotatable bonds is 2. The normalized spacial score (nSPS) is 54.4. The van der Waals surface area contributed by atoms with Crippen molar-refractivity contribution < 1.29 is 10.3 Å². The Labute approximate surface area is 134 Å². The Balaban J connectivity index is 1.68. The molecule has 0 saturated heterocycles. The minimum Gasteiger partial charge on any atom is -0.389 e. The fourth-order valence-corrected chi connectivity index (χ4v) is 7.55. The second kappa shape index (κ2) is 5.19. The molecule has 4 fully saturated rings. The smallest absolute Gasteiger partial charge is 0.0747 e. The van der Waals surface area contributed by atoms with Gasteiger partial charge in [0.1, 0.15) is 0 Å². The van der Waals surface area contributed by atoms with E-state index < -0.39 is 5.60 Å². The maximum absolute atomic E-state index is 11.7. The summed E-state index contributed by atoms with van der Waals surface area (Å²) in [5, 5.41) is 21.1. The summed E-state index contributed by atoms with van der Waals surface area (Å²) < 4.78 is 0. The molecule has 0 spiro atoms. The predicted octanol–water partition coefficient (Wildman–Crippen LogP) is 3.88. The second-order valence-electron chi connectivity index (χ2n) is 9.17. The second-order valence-corrected chi connectivity index (χ2v) is 9.17. The highest BCUT2D eigenvalue weighted by molar-refractivity contribution is 5.16. The molecule has 126 valence electrons. The largest absolute Gasteiger partial charge is 0.389 e. The van der Waals surface area contributed by atoms with E-state index in [1.807, 2.05) is 0 Å². The molecule has 0 aromatic heterocycles. The molecule has 3 N–H and O–H groups in total. The van der Waals surface area contributed by atoms with E-state index in [0.717, 1.165) is 31.6 Å². The van der Waals surface area contributed by atoms with Gasteiger partial charge in [-0.2, -0.15) is 0 Å². The van der Waals surface area contributed by atoms with Crippen LogP contribution in [0.15, 0.2) is 0 Å². The Morgan fingerprint density at radius 1 is 0.909 bits per heavy atom. The van der Waals surface area contributed by atoms with Crippen LogP contribution in [0.1, 0.15) is 77.6 Å². The summed E-state index contributed by atoms with van der Waals surface area (Å²) in [5.74, 6) is 2.08. The number of fused-ring (bicyclic) bond motifs is 5. The van der Waals surface area contributed by atoms with E-state index in [2.05, 4.69) is 12.4 Å². The zero-order valence-electron chi connectivity index (χ0n) is 14.1. The van der Waals surface area contributed by atoms with Crippen LogP contribution in [0.25, 0.3) is 0 Å². The highest BCUT2D eigenvalue weighted by atomic mass is 16.5. The van der Waals surface area contributed by atoms with Crippen molar-refractivity contribution in [2.75, 3.05) is 6.54 Å². The highest BCUT2D eigenvalue weighted by Crippen LogP contribution is 2.67. The summed E-state index contributed by atoms with van der Waals surface area (Å²) >= 11 is 0. The van der Waals surface area contributed by atoms with Crippen molar-refractivity contribution in [2.45, 2.75) is 83.2 Å². The summed E-state index contributed by atoms with van der Waals surface area (Å²) in [4.78, 5) is 0. The van der Waals surface area contributed by atoms with Crippen LogP contribution >= 0.6 is 0 Å². The zero-order chi connectivity index (χ0) is 15.4. The summed E-state index contributed by atoms with van der Waals surface area (Å²) in [6.07, 6.45) is 13.7. The standard InChI is InChI=1S/C19H33NO2/c1-17-9-3-2-5-14(17)6-7-16-15(17)8-12-18(13-20-22)10-4-11-19(16,18)21/h14-16,20-22H,2-13H2,1H3/t14?,15-,16+,17-,18-,19-/m0/s1. The fraction of sp³-hybridized carbons (Fsp3) is 1.00. The van der Waals surface area contributed by atoms with Gasteiger partial charge in [0.25, 0.3) is 0 Å². The zero-order valence-corrected chi connectivity index (χ0v) is 14.1. The van der Waals surface area contributed by atoms with Crippen LogP contribution in [0.2, 0.25) is 0 Å². The van der Waals surface area contributed by atoms with Gasteiger partial charge in [-0.15, -0.1) is 0 Å². The molecule has 3 heteroatoms. The quantitative estimate of drug-likeness (QED) is 0.679. The lowest BCUT2D eigenvalue weighted by Crippen LogP contribution is -2.63. The van der Waals surface area contributed by atoms with Crippen LogP contribution < -0.4 is 5.48 Å². The van der Waals surface area contributed by atoms with E-state index in [4.69, 9.17) is 0 Å². The molecule has 4 saturated carbocycles. The molecule has 22 heavy (non-hydrogen) atoms. The molecule has 0 aromatic carbocycles. The van der Waals surface area contributed by atoms with Crippen LogP contribution in [-0.2, 0) is 0 Å². The lowest BCUT2D eigenvalue weighted by Gasteiger charge is -2.63. The molecule has 6 atom stereocenters. The fourth-order valence-electron chi connectivity index (χ4n) is 7.55. The Bertz CT molecular complexity index is 441. The molecule has 0 aromatic rings. The van der Waals surface area contributed by atoms with E-state index in [9.17, 15) is 10.3 Å². The Morgan fingerprint density at radius 2 is 1.77 bits per heavy atom. The van der Waals surface area contributed by atoms with E-state index in [-0.39, 0.29) is 5.41 Å². The molecule has 4 rings (SSSR count). The topological polar surface area (TPSA) is 52.5 Å². The van der Waals surface area contributed by atoms with E-state index >= 15 is 0 Å². The van der Waals surface area contributed by atoms with Gasteiger partial charge in [-0.05, 0) is 81.0 Å². The van der Waals surface area contributed by atoms with Gasteiger partial charge in [0.2, 0.25) is 0 Å². The number of nitrogens with one attached hydrogen (secondary N) is 1. The van der Waals surface area contributed by atoms with Gasteiger partial charge in [-0.3, -0.25) is 0 Å². The Morgan fingerprint density at radius 3 is 2.59 bits per heavy atom. The third-order valence-corrected chi connectivity index (χ3v) is 8.71. The monoisotopic (exact) mass is 307 g/mol. The minimum atomic E-state index is -0.531. The lowest BCUT2D eigenvalue weighted by molar-refractivity contribution is -0.205. The van der Waals surface area contributed by atoms with Crippen molar-refractivity contribution >= 4 is 0 Å². The lowest BCUT2D eigenvalue weighted by atomic mass is 9.44. The maximum atomic E-state index is 11.7. The van der Waals surface area contributed by atoms with Crippen LogP contribution in [0.4, 0.5) is 0 Å². The van der Waals surface area contributed by atoms with Gasteiger partial charge in [0.15, 0.2) is 0 Å². The van der Waals surface area contributed by atoms with Crippen molar-refractivity contribution in [3.8, 4) is 0 Å². The molecule has 0 radical (unpaired) electrons. The van der Waals surface area contributed by atoms with Gasteiger partial charge in [0, 0.05) is 12.0 Å². The molecule has 0 amide bonds. The number of aliphatic hydroxyl groups is 1. The van der Waals surface area contributed by atoms with Crippen LogP contribution in [-0.4, -0.2) is 22.5 Å². The maximum Gasteiger partial charge on any atom is 0.0747 e. The Kier molecular flexibility index (Phi) is 3.63. The summed E-state index contributed by atoms with van der Waals surface area (Å²) in [6.45, 7) is 3.12. The van der Waals surface area contributed by atoms with Crippen LogP contribution in [0.3, 0.4) is 0 Å².